The molecule has 0 aliphatic heterocycles. The Balaban J connectivity index is 1.54. The Morgan fingerprint density at radius 3 is 1.64 bits per heavy atom. The summed E-state index contributed by atoms with van der Waals surface area (Å²) in [6.07, 6.45) is 1.89. The molecular weight excluding hydrogens is 398 g/mol. The molecule has 0 saturated heterocycles. The first-order chi connectivity index (χ1) is 16.3. The third-order valence-electron chi connectivity index (χ3n) is 6.30. The molecule has 0 aliphatic carbocycles. The average molecular weight is 422 g/mol. The quantitative estimate of drug-likeness (QED) is 0.256. The van der Waals surface area contributed by atoms with Crippen molar-refractivity contribution < 1.29 is 0 Å². The van der Waals surface area contributed by atoms with Crippen LogP contribution in [-0.4, -0.2) is 0 Å². The topological polar surface area (TPSA) is 3.24 Å². The van der Waals surface area contributed by atoms with Crippen molar-refractivity contribution in [3.63, 3.8) is 0 Å². The van der Waals surface area contributed by atoms with Crippen molar-refractivity contribution >= 4 is 55.5 Å². The Morgan fingerprint density at radius 1 is 0.424 bits per heavy atom. The summed E-state index contributed by atoms with van der Waals surface area (Å²) in [5.74, 6) is 0. The van der Waals surface area contributed by atoms with E-state index in [1.54, 1.807) is 0 Å². The van der Waals surface area contributed by atoms with E-state index in [-0.39, 0.29) is 0 Å². The van der Waals surface area contributed by atoms with E-state index < -0.39 is 0 Å². The van der Waals surface area contributed by atoms with Gasteiger partial charge in [0.2, 0.25) is 0 Å². The maximum absolute atomic E-state index is 3.90. The number of nitrogens with zero attached hydrogens (tertiary/aromatic N) is 1. The molecule has 6 aromatic carbocycles. The fourth-order valence-electron chi connectivity index (χ4n) is 4.61. The van der Waals surface area contributed by atoms with E-state index in [0.29, 0.717) is 0 Å². The van der Waals surface area contributed by atoms with E-state index in [4.69, 9.17) is 0 Å². The summed E-state index contributed by atoms with van der Waals surface area (Å²) in [4.78, 5) is 2.33. The number of hydrogen-bond donors (Lipinski definition) is 0. The monoisotopic (exact) mass is 421 g/mol. The first kappa shape index (κ1) is 19.3. The van der Waals surface area contributed by atoms with Crippen molar-refractivity contribution in [2.24, 2.45) is 0 Å². The van der Waals surface area contributed by atoms with E-state index in [0.717, 1.165) is 22.6 Å². The highest BCUT2D eigenvalue weighted by atomic mass is 15.1. The van der Waals surface area contributed by atoms with Gasteiger partial charge in [-0.1, -0.05) is 79.4 Å². The molecule has 6 aromatic rings. The van der Waals surface area contributed by atoms with Crippen molar-refractivity contribution in [2.45, 2.75) is 0 Å². The highest BCUT2D eigenvalue weighted by Crippen LogP contribution is 2.38. The van der Waals surface area contributed by atoms with Crippen LogP contribution in [0.4, 0.5) is 17.1 Å². The van der Waals surface area contributed by atoms with Crippen LogP contribution in [0.1, 0.15) is 5.56 Å². The van der Waals surface area contributed by atoms with Gasteiger partial charge in [0.05, 0.1) is 0 Å². The third-order valence-corrected chi connectivity index (χ3v) is 6.30. The molecule has 0 saturated carbocycles. The van der Waals surface area contributed by atoms with Gasteiger partial charge in [-0.3, -0.25) is 0 Å². The molecule has 0 spiro atoms. The Morgan fingerprint density at radius 2 is 0.939 bits per heavy atom. The normalized spacial score (nSPS) is 11.2. The highest BCUT2D eigenvalue weighted by Gasteiger charge is 2.13. The smallest absolute Gasteiger partial charge is 0.0468 e. The Bertz CT molecular complexity index is 1630. The van der Waals surface area contributed by atoms with Gasteiger partial charge in [-0.15, -0.1) is 0 Å². The van der Waals surface area contributed by atoms with Crippen LogP contribution in [0.2, 0.25) is 0 Å². The van der Waals surface area contributed by atoms with E-state index in [1.165, 1.54) is 32.3 Å². The lowest BCUT2D eigenvalue weighted by Gasteiger charge is -2.26. The number of anilines is 3. The molecule has 0 N–H and O–H groups in total. The minimum atomic E-state index is 1.14. The van der Waals surface area contributed by atoms with Gasteiger partial charge >= 0.3 is 0 Å². The number of hydrogen-bond acceptors (Lipinski definition) is 1. The average Bonchev–Trinajstić information content (AvgIpc) is 2.88. The molecule has 0 fully saturated rings. The Hall–Kier alpha value is -4.36. The van der Waals surface area contributed by atoms with Gasteiger partial charge in [-0.25, -0.2) is 0 Å². The largest absolute Gasteiger partial charge is 0.310 e. The summed E-state index contributed by atoms with van der Waals surface area (Å²) in [6, 6.07) is 43.5. The molecule has 1 nitrogen and oxygen atoms in total. The second kappa shape index (κ2) is 7.96. The highest BCUT2D eigenvalue weighted by molar-refractivity contribution is 6.00. The number of para-hydroxylation sites is 1. The fourth-order valence-corrected chi connectivity index (χ4v) is 4.61. The lowest BCUT2D eigenvalue weighted by Crippen LogP contribution is -2.09. The van der Waals surface area contributed by atoms with E-state index >= 15 is 0 Å². The molecule has 0 radical (unpaired) electrons. The van der Waals surface area contributed by atoms with Gasteiger partial charge in [0.25, 0.3) is 0 Å². The van der Waals surface area contributed by atoms with Crippen molar-refractivity contribution in [3.05, 3.63) is 133 Å². The molecule has 0 aromatic heterocycles. The second-order valence-electron chi connectivity index (χ2n) is 8.40. The zero-order chi connectivity index (χ0) is 22.2. The Labute approximate surface area is 193 Å². The van der Waals surface area contributed by atoms with Crippen molar-refractivity contribution in [1.82, 2.24) is 0 Å². The molecule has 33 heavy (non-hydrogen) atoms. The fraction of sp³-hybridized carbons (Fsp3) is 0. The summed E-state index contributed by atoms with van der Waals surface area (Å²) in [5, 5.41) is 7.45. The van der Waals surface area contributed by atoms with E-state index in [2.05, 4.69) is 133 Å². The maximum atomic E-state index is 3.90. The van der Waals surface area contributed by atoms with Gasteiger partial charge in [0, 0.05) is 17.1 Å². The minimum Gasteiger partial charge on any atom is -0.310 e. The van der Waals surface area contributed by atoms with Gasteiger partial charge in [-0.05, 0) is 92.5 Å². The molecule has 0 unspecified atom stereocenters. The third kappa shape index (κ3) is 3.54. The zero-order valence-electron chi connectivity index (χ0n) is 18.3. The lowest BCUT2D eigenvalue weighted by atomic mass is 10.0. The number of fused-ring (bicyclic) bond motifs is 3. The number of rotatable bonds is 4. The van der Waals surface area contributed by atoms with Crippen LogP contribution in [0.15, 0.2) is 128 Å². The van der Waals surface area contributed by atoms with E-state index in [9.17, 15) is 0 Å². The van der Waals surface area contributed by atoms with Crippen LogP contribution in [0.5, 0.6) is 0 Å². The summed E-state index contributed by atoms with van der Waals surface area (Å²) >= 11 is 0. The van der Waals surface area contributed by atoms with Crippen LogP contribution >= 0.6 is 0 Å². The number of benzene rings is 6. The van der Waals surface area contributed by atoms with Crippen molar-refractivity contribution in [2.75, 3.05) is 4.90 Å². The molecule has 156 valence electrons. The Kier molecular flexibility index (Phi) is 4.66. The van der Waals surface area contributed by atoms with Gasteiger partial charge in [-0.2, -0.15) is 0 Å². The zero-order valence-corrected chi connectivity index (χ0v) is 18.3. The molecule has 0 aliphatic rings. The lowest BCUT2D eigenvalue weighted by molar-refractivity contribution is 1.29. The van der Waals surface area contributed by atoms with Gasteiger partial charge in [0.15, 0.2) is 0 Å². The molecule has 0 heterocycles. The summed E-state index contributed by atoms with van der Waals surface area (Å²) < 4.78 is 0. The maximum Gasteiger partial charge on any atom is 0.0468 e. The van der Waals surface area contributed by atoms with Crippen LogP contribution in [0.3, 0.4) is 0 Å². The first-order valence-corrected chi connectivity index (χ1v) is 11.2. The SMILES string of the molecule is C=Cc1ccc2cc(N(c3ccccc3)c3ccc4cc5ccccc5cc4c3)ccc2c1. The molecule has 0 bridgehead atoms. The van der Waals surface area contributed by atoms with Crippen LogP contribution in [0.25, 0.3) is 38.4 Å². The van der Waals surface area contributed by atoms with Crippen LogP contribution in [0, 0.1) is 0 Å². The van der Waals surface area contributed by atoms with Crippen LogP contribution in [-0.2, 0) is 0 Å². The summed E-state index contributed by atoms with van der Waals surface area (Å²) in [5.41, 5.74) is 4.56. The molecule has 0 amide bonds. The second-order valence-corrected chi connectivity index (χ2v) is 8.40. The predicted molar refractivity (Wildman–Crippen MR) is 144 cm³/mol. The van der Waals surface area contributed by atoms with Gasteiger partial charge in [0.1, 0.15) is 0 Å². The molecular formula is C32H23N. The molecule has 0 atom stereocenters. The minimum absolute atomic E-state index is 1.14. The standard InChI is InChI=1S/C32H23N/c1-2-23-12-13-28-21-31(16-14-26(28)18-23)33(30-10-4-3-5-11-30)32-17-15-27-19-24-8-6-7-9-25(24)20-29(27)22-32/h2-22H,1H2. The predicted octanol–water partition coefficient (Wildman–Crippen LogP) is 9.26. The van der Waals surface area contributed by atoms with Crippen molar-refractivity contribution in [1.29, 1.82) is 0 Å². The van der Waals surface area contributed by atoms with Crippen LogP contribution < -0.4 is 4.90 Å². The molecule has 1 heteroatoms. The van der Waals surface area contributed by atoms with E-state index in [1.807, 2.05) is 6.08 Å². The molecule has 6 rings (SSSR count). The van der Waals surface area contributed by atoms with Crippen molar-refractivity contribution in [3.8, 4) is 0 Å². The summed E-state index contributed by atoms with van der Waals surface area (Å²) in [7, 11) is 0. The first-order valence-electron chi connectivity index (χ1n) is 11.2. The van der Waals surface area contributed by atoms with Gasteiger partial charge < -0.3 is 4.90 Å². The summed E-state index contributed by atoms with van der Waals surface area (Å²) in [6.45, 7) is 3.90.